The smallest absolute Gasteiger partial charge is 0.161 e. The summed E-state index contributed by atoms with van der Waals surface area (Å²) in [6.45, 7) is 5.09. The summed E-state index contributed by atoms with van der Waals surface area (Å²) in [4.78, 5) is 0. The van der Waals surface area contributed by atoms with Gasteiger partial charge in [-0.2, -0.15) is 5.21 Å². The van der Waals surface area contributed by atoms with Gasteiger partial charge in [0, 0.05) is 12.2 Å². The number of nitrogens with zero attached hydrogens (tertiary/aromatic N) is 4. The molecule has 0 saturated heterocycles. The number of aromatic nitrogens is 4. The first-order chi connectivity index (χ1) is 8.83. The van der Waals surface area contributed by atoms with Gasteiger partial charge in [0.25, 0.3) is 0 Å². The maximum Gasteiger partial charge on any atom is 0.161 e. The van der Waals surface area contributed by atoms with Crippen LogP contribution < -0.4 is 14.6 Å². The minimum Gasteiger partial charge on any atom is -0.490 e. The summed E-state index contributed by atoms with van der Waals surface area (Å²) in [6, 6.07) is 5.79. The van der Waals surface area contributed by atoms with Crippen molar-refractivity contribution in [2.24, 2.45) is 0 Å². The summed E-state index contributed by atoms with van der Waals surface area (Å²) < 4.78 is 11.1. The maximum atomic E-state index is 5.55. The van der Waals surface area contributed by atoms with Crippen LogP contribution in [0.25, 0.3) is 0 Å². The lowest BCUT2D eigenvalue weighted by Gasteiger charge is -2.12. The van der Waals surface area contributed by atoms with Crippen molar-refractivity contribution in [3.63, 3.8) is 0 Å². The number of hydrogen-bond donors (Lipinski definition) is 0. The molecule has 0 radical (unpaired) electrons. The van der Waals surface area contributed by atoms with Crippen molar-refractivity contribution in [2.45, 2.75) is 20.3 Å². The second kappa shape index (κ2) is 6.00. The molecule has 6 heteroatoms. The lowest BCUT2D eigenvalue weighted by atomic mass is 10.1. The van der Waals surface area contributed by atoms with E-state index in [2.05, 4.69) is 20.6 Å². The summed E-state index contributed by atoms with van der Waals surface area (Å²) in [5.74, 6) is 2.09. The maximum absolute atomic E-state index is 5.55. The van der Waals surface area contributed by atoms with Gasteiger partial charge < -0.3 is 14.6 Å². The zero-order chi connectivity index (χ0) is 12.8. The third-order valence-electron chi connectivity index (χ3n) is 2.33. The van der Waals surface area contributed by atoms with Crippen LogP contribution in [-0.2, 0) is 6.42 Å². The van der Waals surface area contributed by atoms with Crippen molar-refractivity contribution in [2.75, 3.05) is 13.2 Å². The second-order valence-corrected chi connectivity index (χ2v) is 3.62. The highest BCUT2D eigenvalue weighted by molar-refractivity contribution is 5.43. The molecule has 0 amide bonds. The SMILES string of the molecule is CCOc1ccc(Cc2nnn[n-]2)cc1OCC. The molecule has 1 heterocycles. The van der Waals surface area contributed by atoms with Crippen LogP contribution in [0.1, 0.15) is 25.2 Å². The van der Waals surface area contributed by atoms with Crippen molar-refractivity contribution < 1.29 is 9.47 Å². The largest absolute Gasteiger partial charge is 0.490 e. The first-order valence-corrected chi connectivity index (χ1v) is 5.89. The number of benzene rings is 1. The van der Waals surface area contributed by atoms with E-state index in [1.807, 2.05) is 32.0 Å². The molecule has 18 heavy (non-hydrogen) atoms. The monoisotopic (exact) mass is 247 g/mol. The van der Waals surface area contributed by atoms with E-state index in [0.29, 0.717) is 25.5 Å². The Kier molecular flexibility index (Phi) is 4.11. The van der Waals surface area contributed by atoms with Crippen LogP contribution in [0.2, 0.25) is 0 Å². The molecule has 0 bridgehead atoms. The third-order valence-corrected chi connectivity index (χ3v) is 2.33. The van der Waals surface area contributed by atoms with Crippen LogP contribution in [-0.4, -0.2) is 28.7 Å². The molecule has 2 aromatic rings. The van der Waals surface area contributed by atoms with Crippen LogP contribution in [0.4, 0.5) is 0 Å². The zero-order valence-corrected chi connectivity index (χ0v) is 10.5. The molecule has 0 aliphatic rings. The van der Waals surface area contributed by atoms with Crippen LogP contribution in [0.5, 0.6) is 11.5 Å². The van der Waals surface area contributed by atoms with E-state index in [4.69, 9.17) is 9.47 Å². The molecule has 0 aliphatic heterocycles. The first-order valence-electron chi connectivity index (χ1n) is 5.89. The van der Waals surface area contributed by atoms with Crippen molar-refractivity contribution in [1.82, 2.24) is 20.6 Å². The normalized spacial score (nSPS) is 10.3. The van der Waals surface area contributed by atoms with E-state index < -0.39 is 0 Å². The van der Waals surface area contributed by atoms with Gasteiger partial charge in [0.1, 0.15) is 0 Å². The van der Waals surface area contributed by atoms with E-state index in [-0.39, 0.29) is 0 Å². The Morgan fingerprint density at radius 1 is 1.11 bits per heavy atom. The van der Waals surface area contributed by atoms with Crippen LogP contribution in [0, 0.1) is 0 Å². The standard InChI is InChI=1S/C12H15N4O2/c1-3-17-10-6-5-9(7-11(10)18-4-2)8-12-13-15-16-14-12/h5-7H,3-4,8H2,1-2H3/q-1. The molecule has 6 nitrogen and oxygen atoms in total. The third kappa shape index (κ3) is 2.97. The van der Waals surface area contributed by atoms with Gasteiger partial charge in [-0.25, -0.2) is 0 Å². The fraction of sp³-hybridized carbons (Fsp3) is 0.417. The number of ether oxygens (including phenoxy) is 2. The summed E-state index contributed by atoms with van der Waals surface area (Å²) in [5, 5.41) is 14.5. The molecule has 96 valence electrons. The van der Waals surface area contributed by atoms with Gasteiger partial charge >= 0.3 is 0 Å². The Bertz CT molecular complexity index is 485. The number of hydrogen-bond acceptors (Lipinski definition) is 5. The van der Waals surface area contributed by atoms with E-state index in [1.54, 1.807) is 0 Å². The number of rotatable bonds is 6. The van der Waals surface area contributed by atoms with Crippen LogP contribution in [0.3, 0.4) is 0 Å². The average molecular weight is 247 g/mol. The molecular weight excluding hydrogens is 232 g/mol. The first kappa shape index (κ1) is 12.3. The Labute approximate surface area is 105 Å². The van der Waals surface area contributed by atoms with Gasteiger partial charge in [0.05, 0.1) is 13.2 Å². The van der Waals surface area contributed by atoms with Crippen LogP contribution in [0.15, 0.2) is 18.2 Å². The molecule has 0 atom stereocenters. The minimum absolute atomic E-state index is 0.583. The van der Waals surface area contributed by atoms with Gasteiger partial charge in [0.2, 0.25) is 0 Å². The summed E-state index contributed by atoms with van der Waals surface area (Å²) >= 11 is 0. The van der Waals surface area contributed by atoms with Crippen LogP contribution >= 0.6 is 0 Å². The highest BCUT2D eigenvalue weighted by atomic mass is 16.5. The Morgan fingerprint density at radius 2 is 1.89 bits per heavy atom. The van der Waals surface area contributed by atoms with Crippen molar-refractivity contribution >= 4 is 0 Å². The van der Waals surface area contributed by atoms with Gasteiger partial charge in [-0.15, -0.1) is 0 Å². The Morgan fingerprint density at radius 3 is 2.56 bits per heavy atom. The lowest BCUT2D eigenvalue weighted by molar-refractivity contribution is 0.287. The van der Waals surface area contributed by atoms with Crippen molar-refractivity contribution in [1.29, 1.82) is 0 Å². The molecule has 0 N–H and O–H groups in total. The predicted octanol–water partition coefficient (Wildman–Crippen LogP) is 1.22. The quantitative estimate of drug-likeness (QED) is 0.764. The fourth-order valence-corrected chi connectivity index (χ4v) is 1.62. The topological polar surface area (TPSA) is 71.2 Å². The Balaban J connectivity index is 2.19. The van der Waals surface area contributed by atoms with Gasteiger partial charge in [0.15, 0.2) is 11.5 Å². The van der Waals surface area contributed by atoms with E-state index in [0.717, 1.165) is 17.1 Å². The second-order valence-electron chi connectivity index (χ2n) is 3.62. The number of tetrazole rings is 1. The van der Waals surface area contributed by atoms with Gasteiger partial charge in [-0.05, 0) is 31.5 Å². The molecule has 0 unspecified atom stereocenters. The molecule has 0 spiro atoms. The van der Waals surface area contributed by atoms with E-state index in [1.165, 1.54) is 0 Å². The summed E-state index contributed by atoms with van der Waals surface area (Å²) in [5.41, 5.74) is 1.04. The Hall–Kier alpha value is -2.11. The summed E-state index contributed by atoms with van der Waals surface area (Å²) in [6.07, 6.45) is 0.583. The molecule has 1 aromatic heterocycles. The van der Waals surface area contributed by atoms with E-state index in [9.17, 15) is 0 Å². The molecule has 0 saturated carbocycles. The lowest BCUT2D eigenvalue weighted by Crippen LogP contribution is -2.00. The fourth-order valence-electron chi connectivity index (χ4n) is 1.62. The molecule has 0 aliphatic carbocycles. The molecule has 0 fully saturated rings. The van der Waals surface area contributed by atoms with Crippen molar-refractivity contribution in [3.8, 4) is 11.5 Å². The minimum atomic E-state index is 0.583. The molecule has 1 aromatic carbocycles. The van der Waals surface area contributed by atoms with E-state index >= 15 is 0 Å². The average Bonchev–Trinajstić information content (AvgIpc) is 2.86. The zero-order valence-electron chi connectivity index (χ0n) is 10.5. The highest BCUT2D eigenvalue weighted by Gasteiger charge is 2.06. The van der Waals surface area contributed by atoms with Gasteiger partial charge in [-0.3, -0.25) is 10.3 Å². The highest BCUT2D eigenvalue weighted by Crippen LogP contribution is 2.29. The molecule has 2 rings (SSSR count). The predicted molar refractivity (Wildman–Crippen MR) is 64.7 cm³/mol. The summed E-state index contributed by atoms with van der Waals surface area (Å²) in [7, 11) is 0. The molecular formula is C12H15N4O2-. The van der Waals surface area contributed by atoms with Crippen molar-refractivity contribution in [3.05, 3.63) is 29.6 Å². The van der Waals surface area contributed by atoms with Gasteiger partial charge in [-0.1, -0.05) is 6.07 Å².